The van der Waals surface area contributed by atoms with E-state index in [-0.39, 0.29) is 0 Å². The van der Waals surface area contributed by atoms with Gasteiger partial charge in [-0.15, -0.1) is 11.8 Å². The lowest BCUT2D eigenvalue weighted by atomic mass is 10.0. The number of fused-ring (bicyclic) bond motifs is 1. The summed E-state index contributed by atoms with van der Waals surface area (Å²) in [5.74, 6) is 2.75. The molecule has 1 atom stereocenters. The second-order valence-corrected chi connectivity index (χ2v) is 6.35. The molecule has 0 N–H and O–H groups in total. The van der Waals surface area contributed by atoms with Crippen LogP contribution in [0.3, 0.4) is 0 Å². The molecule has 0 aromatic heterocycles. The van der Waals surface area contributed by atoms with Gasteiger partial charge < -0.3 is 4.90 Å². The van der Waals surface area contributed by atoms with E-state index in [1.807, 2.05) is 11.8 Å². The van der Waals surface area contributed by atoms with E-state index in [1.165, 1.54) is 30.3 Å². The molecule has 1 aromatic carbocycles. The van der Waals surface area contributed by atoms with Crippen molar-refractivity contribution in [2.45, 2.75) is 31.6 Å². The summed E-state index contributed by atoms with van der Waals surface area (Å²) in [5, 5.41) is 0. The van der Waals surface area contributed by atoms with Crippen molar-refractivity contribution < 1.29 is 0 Å². The minimum absolute atomic E-state index is 0.731. The molecule has 0 radical (unpaired) electrons. The fourth-order valence-electron chi connectivity index (χ4n) is 2.54. The molecular formula is C15H23NS. The molecule has 2 rings (SSSR count). The van der Waals surface area contributed by atoms with E-state index in [0.717, 1.165) is 11.8 Å². The maximum absolute atomic E-state index is 2.60. The first-order valence-corrected chi connectivity index (χ1v) is 7.63. The van der Waals surface area contributed by atoms with Gasteiger partial charge in [0.15, 0.2) is 0 Å². The van der Waals surface area contributed by atoms with Crippen LogP contribution in [0.2, 0.25) is 0 Å². The summed E-state index contributed by atoms with van der Waals surface area (Å²) in [6.07, 6.45) is 0. The Bertz CT molecular complexity index is 362. The first-order chi connectivity index (χ1) is 8.20. The van der Waals surface area contributed by atoms with Gasteiger partial charge in [0.1, 0.15) is 0 Å². The molecule has 0 spiro atoms. The number of likely N-dealkylation sites (N-methyl/N-ethyl adjacent to an activating group) is 1. The highest BCUT2D eigenvalue weighted by molar-refractivity contribution is 7.99. The van der Waals surface area contributed by atoms with Crippen LogP contribution in [0.5, 0.6) is 0 Å². The first-order valence-electron chi connectivity index (χ1n) is 6.64. The monoisotopic (exact) mass is 249 g/mol. The Labute approximate surface area is 110 Å². The molecule has 0 saturated carbocycles. The Morgan fingerprint density at radius 3 is 2.82 bits per heavy atom. The zero-order valence-corrected chi connectivity index (χ0v) is 12.0. The van der Waals surface area contributed by atoms with Crippen molar-refractivity contribution in [2.24, 2.45) is 5.92 Å². The molecule has 0 fully saturated rings. The summed E-state index contributed by atoms with van der Waals surface area (Å²) in [6.45, 7) is 10.5. The molecule has 1 heterocycles. The molecule has 0 saturated heterocycles. The fraction of sp³-hybridized carbons (Fsp3) is 0.600. The molecule has 94 valence electrons. The highest BCUT2D eigenvalue weighted by Gasteiger charge is 2.24. The average Bonchev–Trinajstić information content (AvgIpc) is 2.71. The van der Waals surface area contributed by atoms with Crippen molar-refractivity contribution >= 4 is 11.8 Å². The number of nitrogens with zero attached hydrogens (tertiary/aromatic N) is 1. The SMILES string of the molecule is CCN(CC(C)C)CC1CSc2ccccc21. The van der Waals surface area contributed by atoms with Crippen LogP contribution in [0.1, 0.15) is 32.3 Å². The smallest absolute Gasteiger partial charge is 0.0108 e. The molecule has 1 aromatic rings. The molecule has 1 aliphatic heterocycles. The van der Waals surface area contributed by atoms with Crippen LogP contribution >= 0.6 is 11.8 Å². The zero-order chi connectivity index (χ0) is 12.3. The Kier molecular flexibility index (Phi) is 4.52. The predicted molar refractivity (Wildman–Crippen MR) is 76.9 cm³/mol. The third kappa shape index (κ3) is 3.26. The number of thioether (sulfide) groups is 1. The molecule has 1 aliphatic rings. The summed E-state index contributed by atoms with van der Waals surface area (Å²) in [4.78, 5) is 4.09. The third-order valence-corrected chi connectivity index (χ3v) is 4.60. The Morgan fingerprint density at radius 1 is 1.35 bits per heavy atom. The summed E-state index contributed by atoms with van der Waals surface area (Å²) in [7, 11) is 0. The second kappa shape index (κ2) is 5.92. The molecular weight excluding hydrogens is 226 g/mol. The van der Waals surface area contributed by atoms with E-state index < -0.39 is 0 Å². The van der Waals surface area contributed by atoms with E-state index in [9.17, 15) is 0 Å². The molecule has 0 amide bonds. The number of rotatable bonds is 5. The van der Waals surface area contributed by atoms with Crippen molar-refractivity contribution in [3.8, 4) is 0 Å². The summed E-state index contributed by atoms with van der Waals surface area (Å²) >= 11 is 2.02. The normalized spacial score (nSPS) is 19.0. The highest BCUT2D eigenvalue weighted by Crippen LogP contribution is 2.39. The highest BCUT2D eigenvalue weighted by atomic mass is 32.2. The molecule has 1 unspecified atom stereocenters. The Balaban J connectivity index is 2.00. The van der Waals surface area contributed by atoms with Crippen LogP contribution in [-0.4, -0.2) is 30.3 Å². The van der Waals surface area contributed by atoms with Crippen LogP contribution in [-0.2, 0) is 0 Å². The van der Waals surface area contributed by atoms with Gasteiger partial charge in [0.05, 0.1) is 0 Å². The van der Waals surface area contributed by atoms with Crippen LogP contribution < -0.4 is 0 Å². The van der Waals surface area contributed by atoms with Gasteiger partial charge in [0, 0.05) is 29.7 Å². The lowest BCUT2D eigenvalue weighted by molar-refractivity contribution is 0.246. The minimum atomic E-state index is 0.731. The van der Waals surface area contributed by atoms with Crippen molar-refractivity contribution in [3.63, 3.8) is 0 Å². The third-order valence-electron chi connectivity index (χ3n) is 3.35. The topological polar surface area (TPSA) is 3.24 Å². The van der Waals surface area contributed by atoms with Crippen molar-refractivity contribution in [2.75, 3.05) is 25.4 Å². The quantitative estimate of drug-likeness (QED) is 0.779. The molecule has 0 bridgehead atoms. The number of hydrogen-bond donors (Lipinski definition) is 0. The van der Waals surface area contributed by atoms with Gasteiger partial charge in [-0.2, -0.15) is 0 Å². The maximum atomic E-state index is 2.60. The van der Waals surface area contributed by atoms with Crippen molar-refractivity contribution in [3.05, 3.63) is 29.8 Å². The minimum Gasteiger partial charge on any atom is -0.303 e. The summed E-state index contributed by atoms with van der Waals surface area (Å²) in [5.41, 5.74) is 1.57. The summed E-state index contributed by atoms with van der Waals surface area (Å²) < 4.78 is 0. The maximum Gasteiger partial charge on any atom is 0.0108 e. The van der Waals surface area contributed by atoms with E-state index in [0.29, 0.717) is 0 Å². The standard InChI is InChI=1S/C15H23NS/c1-4-16(9-12(2)3)10-13-11-17-15-8-6-5-7-14(13)15/h5-8,12-13H,4,9-11H2,1-3H3. The van der Waals surface area contributed by atoms with Crippen molar-refractivity contribution in [1.82, 2.24) is 4.90 Å². The van der Waals surface area contributed by atoms with Crippen LogP contribution in [0.4, 0.5) is 0 Å². The molecule has 0 aliphatic carbocycles. The average molecular weight is 249 g/mol. The van der Waals surface area contributed by atoms with Gasteiger partial charge in [0.2, 0.25) is 0 Å². The van der Waals surface area contributed by atoms with Gasteiger partial charge in [-0.25, -0.2) is 0 Å². The van der Waals surface area contributed by atoms with Gasteiger partial charge in [-0.3, -0.25) is 0 Å². The Morgan fingerprint density at radius 2 is 2.12 bits per heavy atom. The van der Waals surface area contributed by atoms with E-state index in [4.69, 9.17) is 0 Å². The van der Waals surface area contributed by atoms with E-state index >= 15 is 0 Å². The van der Waals surface area contributed by atoms with Crippen LogP contribution in [0.15, 0.2) is 29.2 Å². The van der Waals surface area contributed by atoms with Gasteiger partial charge in [0.25, 0.3) is 0 Å². The molecule has 2 heteroatoms. The van der Waals surface area contributed by atoms with Crippen LogP contribution in [0, 0.1) is 5.92 Å². The molecule has 17 heavy (non-hydrogen) atoms. The lowest BCUT2D eigenvalue weighted by Gasteiger charge is -2.25. The van der Waals surface area contributed by atoms with Gasteiger partial charge in [-0.1, -0.05) is 39.0 Å². The number of hydrogen-bond acceptors (Lipinski definition) is 2. The van der Waals surface area contributed by atoms with Gasteiger partial charge in [-0.05, 0) is 24.1 Å². The predicted octanol–water partition coefficient (Wildman–Crippen LogP) is 3.85. The second-order valence-electron chi connectivity index (χ2n) is 5.29. The largest absolute Gasteiger partial charge is 0.303 e. The summed E-state index contributed by atoms with van der Waals surface area (Å²) in [6, 6.07) is 8.90. The van der Waals surface area contributed by atoms with Gasteiger partial charge >= 0.3 is 0 Å². The first kappa shape index (κ1) is 13.0. The molecule has 1 nitrogen and oxygen atoms in total. The van der Waals surface area contributed by atoms with Crippen LogP contribution in [0.25, 0.3) is 0 Å². The zero-order valence-electron chi connectivity index (χ0n) is 11.1. The van der Waals surface area contributed by atoms with Crippen molar-refractivity contribution in [1.29, 1.82) is 0 Å². The van der Waals surface area contributed by atoms with E-state index in [2.05, 4.69) is 49.9 Å². The van der Waals surface area contributed by atoms with E-state index in [1.54, 1.807) is 5.56 Å². The lowest BCUT2D eigenvalue weighted by Crippen LogP contribution is -2.31. The number of benzene rings is 1. The fourth-order valence-corrected chi connectivity index (χ4v) is 3.78. The Hall–Kier alpha value is -0.470.